The molecule has 1 N–H and O–H groups in total. The van der Waals surface area contributed by atoms with Gasteiger partial charge in [0.15, 0.2) is 17.6 Å². The molecule has 0 saturated heterocycles. The van der Waals surface area contributed by atoms with Crippen molar-refractivity contribution < 1.29 is 19.0 Å². The monoisotopic (exact) mass is 391 g/mol. The molecule has 2 aromatic rings. The van der Waals surface area contributed by atoms with Crippen LogP contribution in [0.5, 0.6) is 17.2 Å². The topological polar surface area (TPSA) is 56.8 Å². The number of rotatable bonds is 9. The van der Waals surface area contributed by atoms with Crippen molar-refractivity contribution in [3.63, 3.8) is 0 Å². The molecule has 0 bridgehead atoms. The average molecular weight is 392 g/mol. The molecule has 1 atom stereocenters. The van der Waals surface area contributed by atoms with E-state index in [1.54, 1.807) is 31.4 Å². The molecular weight excluding hydrogens is 366 g/mol. The standard InChI is InChI=1S/C21H26ClNO4/c1-5-18(27-17-8-6-7-16(22)12-17)21(24)23-13-15-9-10-19(26-14(2)3)20(11-15)25-4/h6-12,14,18H,5,13H2,1-4H3,(H,23,24)/t18-/m0/s1. The molecule has 0 aliphatic carbocycles. The van der Waals surface area contributed by atoms with Gasteiger partial charge in [-0.25, -0.2) is 0 Å². The zero-order valence-corrected chi connectivity index (χ0v) is 16.9. The third kappa shape index (κ3) is 6.36. The lowest BCUT2D eigenvalue weighted by Gasteiger charge is -2.18. The fraction of sp³-hybridized carbons (Fsp3) is 0.381. The molecule has 0 spiro atoms. The number of carbonyl (C=O) groups is 1. The fourth-order valence-corrected chi connectivity index (χ4v) is 2.68. The van der Waals surface area contributed by atoms with Gasteiger partial charge in [-0.2, -0.15) is 0 Å². The lowest BCUT2D eigenvalue weighted by Crippen LogP contribution is -2.37. The summed E-state index contributed by atoms with van der Waals surface area (Å²) in [4.78, 5) is 12.5. The van der Waals surface area contributed by atoms with Gasteiger partial charge in [0.25, 0.3) is 5.91 Å². The van der Waals surface area contributed by atoms with Crippen molar-refractivity contribution in [3.8, 4) is 17.2 Å². The van der Waals surface area contributed by atoms with E-state index in [1.807, 2.05) is 39.0 Å². The van der Waals surface area contributed by atoms with Crippen molar-refractivity contribution in [2.45, 2.75) is 45.9 Å². The minimum atomic E-state index is -0.589. The van der Waals surface area contributed by atoms with Gasteiger partial charge in [-0.1, -0.05) is 30.7 Å². The smallest absolute Gasteiger partial charge is 0.261 e. The van der Waals surface area contributed by atoms with Crippen molar-refractivity contribution in [1.82, 2.24) is 5.32 Å². The molecule has 6 heteroatoms. The van der Waals surface area contributed by atoms with Crippen LogP contribution in [-0.2, 0) is 11.3 Å². The van der Waals surface area contributed by atoms with E-state index in [2.05, 4.69) is 5.32 Å². The second kappa shape index (κ2) is 10.1. The van der Waals surface area contributed by atoms with Gasteiger partial charge in [0, 0.05) is 11.6 Å². The van der Waals surface area contributed by atoms with Crippen LogP contribution in [0.4, 0.5) is 0 Å². The van der Waals surface area contributed by atoms with Crippen LogP contribution >= 0.6 is 11.6 Å². The van der Waals surface area contributed by atoms with Crippen LogP contribution in [0.2, 0.25) is 5.02 Å². The molecule has 0 heterocycles. The number of amides is 1. The predicted molar refractivity (Wildman–Crippen MR) is 107 cm³/mol. The van der Waals surface area contributed by atoms with Gasteiger partial charge < -0.3 is 19.5 Å². The Hall–Kier alpha value is -2.40. The number of ether oxygens (including phenoxy) is 3. The molecule has 0 fully saturated rings. The average Bonchev–Trinajstić information content (AvgIpc) is 2.64. The van der Waals surface area contributed by atoms with Crippen molar-refractivity contribution in [2.24, 2.45) is 0 Å². The largest absolute Gasteiger partial charge is 0.493 e. The van der Waals surface area contributed by atoms with E-state index >= 15 is 0 Å². The third-order valence-electron chi connectivity index (χ3n) is 3.80. The van der Waals surface area contributed by atoms with E-state index in [-0.39, 0.29) is 12.0 Å². The maximum Gasteiger partial charge on any atom is 0.261 e. The van der Waals surface area contributed by atoms with Crippen molar-refractivity contribution >= 4 is 17.5 Å². The summed E-state index contributed by atoms with van der Waals surface area (Å²) in [5, 5.41) is 3.47. The second-order valence-corrected chi connectivity index (χ2v) is 6.78. The number of carbonyl (C=O) groups excluding carboxylic acids is 1. The number of methoxy groups -OCH3 is 1. The summed E-state index contributed by atoms with van der Waals surface area (Å²) >= 11 is 5.96. The summed E-state index contributed by atoms with van der Waals surface area (Å²) in [5.41, 5.74) is 0.911. The Labute approximate surface area is 165 Å². The van der Waals surface area contributed by atoms with Gasteiger partial charge in [-0.05, 0) is 56.2 Å². The Bertz CT molecular complexity index is 764. The van der Waals surface area contributed by atoms with Crippen LogP contribution in [0.1, 0.15) is 32.8 Å². The summed E-state index contributed by atoms with van der Waals surface area (Å²) in [7, 11) is 1.59. The van der Waals surface area contributed by atoms with Crippen molar-refractivity contribution in [3.05, 3.63) is 53.1 Å². The quantitative estimate of drug-likeness (QED) is 0.678. The Balaban J connectivity index is 1.98. The first-order chi connectivity index (χ1) is 12.9. The van der Waals surface area contributed by atoms with Crippen LogP contribution in [0.3, 0.4) is 0 Å². The molecule has 27 heavy (non-hydrogen) atoms. The first kappa shape index (κ1) is 20.9. The lowest BCUT2D eigenvalue weighted by molar-refractivity contribution is -0.128. The zero-order chi connectivity index (χ0) is 19.8. The highest BCUT2D eigenvalue weighted by Gasteiger charge is 2.18. The van der Waals surface area contributed by atoms with E-state index in [4.69, 9.17) is 25.8 Å². The highest BCUT2D eigenvalue weighted by Crippen LogP contribution is 2.29. The summed E-state index contributed by atoms with van der Waals surface area (Å²) < 4.78 is 16.8. The van der Waals surface area contributed by atoms with Gasteiger partial charge in [0.05, 0.1) is 13.2 Å². The van der Waals surface area contributed by atoms with Crippen molar-refractivity contribution in [2.75, 3.05) is 7.11 Å². The summed E-state index contributed by atoms with van der Waals surface area (Å²) in [6.07, 6.45) is 0.00958. The normalized spacial score (nSPS) is 11.8. The van der Waals surface area contributed by atoms with E-state index in [0.29, 0.717) is 35.2 Å². The van der Waals surface area contributed by atoms with E-state index < -0.39 is 6.10 Å². The minimum absolute atomic E-state index is 0.0541. The molecule has 2 rings (SSSR count). The van der Waals surface area contributed by atoms with Crippen molar-refractivity contribution in [1.29, 1.82) is 0 Å². The minimum Gasteiger partial charge on any atom is -0.493 e. The first-order valence-electron chi connectivity index (χ1n) is 8.96. The molecule has 146 valence electrons. The van der Waals surface area contributed by atoms with Gasteiger partial charge in [-0.15, -0.1) is 0 Å². The molecule has 0 saturated carbocycles. The maximum atomic E-state index is 12.5. The molecule has 0 aliphatic heterocycles. The van der Waals surface area contributed by atoms with Crippen LogP contribution in [0, 0.1) is 0 Å². The Morgan fingerprint density at radius 1 is 1.11 bits per heavy atom. The van der Waals surface area contributed by atoms with Gasteiger partial charge >= 0.3 is 0 Å². The van der Waals surface area contributed by atoms with Crippen LogP contribution in [0.15, 0.2) is 42.5 Å². The predicted octanol–water partition coefficient (Wildman–Crippen LogP) is 4.61. The molecule has 1 amide bonds. The zero-order valence-electron chi connectivity index (χ0n) is 16.1. The lowest BCUT2D eigenvalue weighted by atomic mass is 10.2. The SMILES string of the molecule is CC[C@H](Oc1cccc(Cl)c1)C(=O)NCc1ccc(OC(C)C)c(OC)c1. The van der Waals surface area contributed by atoms with Crippen LogP contribution in [0.25, 0.3) is 0 Å². The summed E-state index contributed by atoms with van der Waals surface area (Å²) in [6.45, 7) is 6.18. The third-order valence-corrected chi connectivity index (χ3v) is 4.03. The molecule has 2 aromatic carbocycles. The Morgan fingerprint density at radius 3 is 2.52 bits per heavy atom. The highest BCUT2D eigenvalue weighted by molar-refractivity contribution is 6.30. The van der Waals surface area contributed by atoms with Gasteiger partial charge in [0.2, 0.25) is 0 Å². The fourth-order valence-electron chi connectivity index (χ4n) is 2.50. The van der Waals surface area contributed by atoms with Gasteiger partial charge in [0.1, 0.15) is 5.75 Å². The number of hydrogen-bond donors (Lipinski definition) is 1. The summed E-state index contributed by atoms with van der Waals surface area (Å²) in [5.74, 6) is 1.70. The van der Waals surface area contributed by atoms with Gasteiger partial charge in [-0.3, -0.25) is 4.79 Å². The molecule has 0 aliphatic rings. The summed E-state index contributed by atoms with van der Waals surface area (Å²) in [6, 6.07) is 12.6. The molecule has 0 unspecified atom stereocenters. The van der Waals surface area contributed by atoms with E-state index in [1.165, 1.54) is 0 Å². The van der Waals surface area contributed by atoms with Crippen LogP contribution < -0.4 is 19.5 Å². The van der Waals surface area contributed by atoms with E-state index in [9.17, 15) is 4.79 Å². The number of nitrogens with one attached hydrogen (secondary N) is 1. The molecular formula is C21H26ClNO4. The Morgan fingerprint density at radius 2 is 1.89 bits per heavy atom. The molecule has 0 radical (unpaired) electrons. The first-order valence-corrected chi connectivity index (χ1v) is 9.34. The van der Waals surface area contributed by atoms with Crippen LogP contribution in [-0.4, -0.2) is 25.2 Å². The highest BCUT2D eigenvalue weighted by atomic mass is 35.5. The maximum absolute atomic E-state index is 12.5. The number of benzene rings is 2. The van der Waals surface area contributed by atoms with E-state index in [0.717, 1.165) is 5.56 Å². The number of halogens is 1. The number of hydrogen-bond acceptors (Lipinski definition) is 4. The molecule has 0 aromatic heterocycles. The molecule has 5 nitrogen and oxygen atoms in total. The Kier molecular flexibility index (Phi) is 7.80. The second-order valence-electron chi connectivity index (χ2n) is 6.34.